The summed E-state index contributed by atoms with van der Waals surface area (Å²) in [6, 6.07) is 0. The predicted molar refractivity (Wildman–Crippen MR) is 385 cm³/mol. The number of esters is 2. The van der Waals surface area contributed by atoms with Crippen molar-refractivity contribution in [1.82, 2.24) is 0 Å². The number of ether oxygens (including phenoxy) is 2. The SMILES string of the molecule is CC/C=C\C/C=C\C/C=C\C/C=C\C/C=C\CCCCCCCCCCCCCCCCCCCC(=O)OC(COC(=O)CCCCCCCCCCCCCCCCCCCCCCCC/C=C\C/C=C\C/C=C\C/C=C\CC)COP(=O)(O)OCCN. The summed E-state index contributed by atoms with van der Waals surface area (Å²) < 4.78 is 33.2. The van der Waals surface area contributed by atoms with E-state index < -0.39 is 26.5 Å². The minimum absolute atomic E-state index is 0.0523. The molecule has 0 aliphatic carbocycles. The van der Waals surface area contributed by atoms with E-state index in [2.05, 4.69) is 123 Å². The summed E-state index contributed by atoms with van der Waals surface area (Å²) in [6.07, 6.45) is 102. The van der Waals surface area contributed by atoms with Gasteiger partial charge in [-0.25, -0.2) is 4.57 Å². The Hall–Kier alpha value is -3.33. The number of nitrogens with two attached hydrogens (primary N) is 1. The zero-order chi connectivity index (χ0) is 64.4. The van der Waals surface area contributed by atoms with Crippen LogP contribution in [0.4, 0.5) is 0 Å². The number of unbranched alkanes of at least 4 members (excludes halogenated alkanes) is 39. The van der Waals surface area contributed by atoms with E-state index >= 15 is 0 Å². The summed E-state index contributed by atoms with van der Waals surface area (Å²) >= 11 is 0. The molecule has 3 N–H and O–H groups in total. The van der Waals surface area contributed by atoms with Crippen LogP contribution >= 0.6 is 7.82 Å². The van der Waals surface area contributed by atoms with Crippen molar-refractivity contribution >= 4 is 19.8 Å². The van der Waals surface area contributed by atoms with E-state index in [4.69, 9.17) is 24.3 Å². The predicted octanol–water partition coefficient (Wildman–Crippen LogP) is 24.9. The summed E-state index contributed by atoms with van der Waals surface area (Å²) in [5, 5.41) is 0. The fourth-order valence-corrected chi connectivity index (χ4v) is 11.5. The number of hydrogen-bond donors (Lipinski definition) is 2. The highest BCUT2D eigenvalue weighted by molar-refractivity contribution is 7.47. The first-order chi connectivity index (χ1) is 43.8. The van der Waals surface area contributed by atoms with E-state index in [9.17, 15) is 19.0 Å². The van der Waals surface area contributed by atoms with Gasteiger partial charge in [0.1, 0.15) is 6.61 Å². The van der Waals surface area contributed by atoms with Gasteiger partial charge < -0.3 is 20.1 Å². The van der Waals surface area contributed by atoms with Crippen LogP contribution < -0.4 is 5.73 Å². The Morgan fingerprint density at radius 1 is 0.337 bits per heavy atom. The quantitative estimate of drug-likeness (QED) is 0.0264. The number of phosphoric ester groups is 1. The highest BCUT2D eigenvalue weighted by atomic mass is 31.2. The number of allylic oxidation sites excluding steroid dienone is 18. The molecule has 0 aromatic rings. The zero-order valence-electron chi connectivity index (χ0n) is 57.9. The van der Waals surface area contributed by atoms with Crippen LogP contribution in [0.5, 0.6) is 0 Å². The molecule has 514 valence electrons. The summed E-state index contributed by atoms with van der Waals surface area (Å²) in [4.78, 5) is 35.4. The summed E-state index contributed by atoms with van der Waals surface area (Å²) in [5.74, 6) is -0.813. The van der Waals surface area contributed by atoms with E-state index in [1.165, 1.54) is 218 Å². The van der Waals surface area contributed by atoms with E-state index in [-0.39, 0.29) is 38.6 Å². The van der Waals surface area contributed by atoms with Crippen LogP contribution in [0.1, 0.15) is 348 Å². The Morgan fingerprint density at radius 2 is 0.584 bits per heavy atom. The lowest BCUT2D eigenvalue weighted by atomic mass is 10.0. The van der Waals surface area contributed by atoms with E-state index in [0.717, 1.165) is 96.3 Å². The lowest BCUT2D eigenvalue weighted by Gasteiger charge is -2.19. The molecule has 0 spiro atoms. The lowest BCUT2D eigenvalue weighted by Crippen LogP contribution is -2.29. The zero-order valence-corrected chi connectivity index (χ0v) is 58.8. The van der Waals surface area contributed by atoms with Gasteiger partial charge in [-0.3, -0.25) is 18.6 Å². The topological polar surface area (TPSA) is 134 Å². The van der Waals surface area contributed by atoms with Crippen LogP contribution in [0.2, 0.25) is 0 Å². The molecule has 2 unspecified atom stereocenters. The summed E-state index contributed by atoms with van der Waals surface area (Å²) in [7, 11) is -4.40. The molecule has 0 aromatic carbocycles. The van der Waals surface area contributed by atoms with Crippen LogP contribution in [0.15, 0.2) is 109 Å². The number of hydrogen-bond acceptors (Lipinski definition) is 8. The fraction of sp³-hybridized carbons (Fsp3) is 0.747. The molecule has 0 radical (unpaired) electrons. The van der Waals surface area contributed by atoms with Crippen molar-refractivity contribution in [2.75, 3.05) is 26.4 Å². The maximum absolute atomic E-state index is 12.8. The molecular formula is C79H140NO8P. The van der Waals surface area contributed by atoms with Gasteiger partial charge in [0.15, 0.2) is 6.10 Å². The smallest absolute Gasteiger partial charge is 0.462 e. The van der Waals surface area contributed by atoms with Crippen molar-refractivity contribution in [2.45, 2.75) is 354 Å². The minimum atomic E-state index is -4.40. The molecule has 10 heteroatoms. The number of carbonyl (C=O) groups is 2. The Morgan fingerprint density at radius 3 is 0.865 bits per heavy atom. The van der Waals surface area contributed by atoms with Gasteiger partial charge in [0.05, 0.1) is 13.2 Å². The Labute approximate surface area is 549 Å². The molecule has 9 nitrogen and oxygen atoms in total. The van der Waals surface area contributed by atoms with E-state index in [1.54, 1.807) is 0 Å². The van der Waals surface area contributed by atoms with Gasteiger partial charge in [-0.05, 0) is 96.3 Å². The average molecular weight is 1260 g/mol. The highest BCUT2D eigenvalue weighted by Crippen LogP contribution is 2.43. The largest absolute Gasteiger partial charge is 0.472 e. The van der Waals surface area contributed by atoms with Crippen LogP contribution in [0.3, 0.4) is 0 Å². The molecule has 0 bridgehead atoms. The van der Waals surface area contributed by atoms with Crippen molar-refractivity contribution < 1.29 is 37.6 Å². The molecule has 0 amide bonds. The van der Waals surface area contributed by atoms with Crippen molar-refractivity contribution in [3.63, 3.8) is 0 Å². The summed E-state index contributed by atoms with van der Waals surface area (Å²) in [6.45, 7) is 3.56. The van der Waals surface area contributed by atoms with Gasteiger partial charge in [0, 0.05) is 19.4 Å². The second-order valence-corrected chi connectivity index (χ2v) is 26.2. The molecule has 0 rings (SSSR count). The van der Waals surface area contributed by atoms with E-state index in [0.29, 0.717) is 6.42 Å². The first-order valence-corrected chi connectivity index (χ1v) is 38.9. The van der Waals surface area contributed by atoms with Crippen molar-refractivity contribution in [3.8, 4) is 0 Å². The first kappa shape index (κ1) is 85.7. The normalized spacial score (nSPS) is 13.5. The van der Waals surface area contributed by atoms with E-state index in [1.807, 2.05) is 0 Å². The van der Waals surface area contributed by atoms with Gasteiger partial charge in [0.25, 0.3) is 0 Å². The number of phosphoric acid groups is 1. The summed E-state index contributed by atoms with van der Waals surface area (Å²) in [5.41, 5.74) is 5.41. The van der Waals surface area contributed by atoms with Crippen LogP contribution in [0, 0.1) is 0 Å². The van der Waals surface area contributed by atoms with Gasteiger partial charge in [-0.2, -0.15) is 0 Å². The van der Waals surface area contributed by atoms with Gasteiger partial charge in [0.2, 0.25) is 0 Å². The van der Waals surface area contributed by atoms with Crippen LogP contribution in [0.25, 0.3) is 0 Å². The van der Waals surface area contributed by atoms with Gasteiger partial charge in [-0.1, -0.05) is 348 Å². The molecule has 89 heavy (non-hydrogen) atoms. The first-order valence-electron chi connectivity index (χ1n) is 37.4. The third kappa shape index (κ3) is 73.6. The fourth-order valence-electron chi connectivity index (χ4n) is 10.7. The standard InChI is InChI=1S/C79H140NO8P/c1-3-5-7-9-11-13-15-17-19-21-23-25-27-29-31-33-35-37-38-40-41-43-45-47-49-51-53-55-57-59-61-63-65-67-69-71-78(81)85-75-77(76-87-89(83,84)86-74-73-80)88-79(82)72-70-68-66-64-62-60-58-56-54-52-50-48-46-44-42-39-36-34-32-30-28-26-24-22-20-18-16-14-12-10-8-6-4-2/h5-8,11-14,17-20,23-26,30,32,77H,3-4,9-10,15-16,21-22,27-29,31,33-76,80H2,1-2H3,(H,83,84)/b7-5-,8-6-,13-11-,14-12-,19-17-,20-18-,25-23-,26-24-,32-30-. The Bertz CT molecular complexity index is 1830. The monoisotopic (exact) mass is 1260 g/mol. The second-order valence-electron chi connectivity index (χ2n) is 24.8. The van der Waals surface area contributed by atoms with Crippen molar-refractivity contribution in [3.05, 3.63) is 109 Å². The maximum Gasteiger partial charge on any atom is 0.472 e. The van der Waals surface area contributed by atoms with Gasteiger partial charge >= 0.3 is 19.8 Å². The molecular weight excluding hydrogens is 1120 g/mol. The molecule has 0 aromatic heterocycles. The van der Waals surface area contributed by atoms with Crippen molar-refractivity contribution in [1.29, 1.82) is 0 Å². The maximum atomic E-state index is 12.8. The Kier molecular flexibility index (Phi) is 71.0. The third-order valence-electron chi connectivity index (χ3n) is 16.2. The molecule has 0 saturated heterocycles. The molecule has 2 atom stereocenters. The number of carbonyl (C=O) groups excluding carboxylic acids is 2. The molecule has 0 aliphatic heterocycles. The molecule has 0 saturated carbocycles. The highest BCUT2D eigenvalue weighted by Gasteiger charge is 2.26. The molecule has 0 aliphatic rings. The lowest BCUT2D eigenvalue weighted by molar-refractivity contribution is -0.161. The molecule has 0 heterocycles. The minimum Gasteiger partial charge on any atom is -0.462 e. The number of rotatable bonds is 70. The second kappa shape index (κ2) is 73.7. The van der Waals surface area contributed by atoms with Gasteiger partial charge in [-0.15, -0.1) is 0 Å². The van der Waals surface area contributed by atoms with Crippen LogP contribution in [-0.2, 0) is 32.7 Å². The third-order valence-corrected chi connectivity index (χ3v) is 17.1. The average Bonchev–Trinajstić information content (AvgIpc) is 3.58. The molecule has 0 fully saturated rings. The van der Waals surface area contributed by atoms with Crippen LogP contribution in [-0.4, -0.2) is 49.3 Å². The Balaban J connectivity index is 3.81. The van der Waals surface area contributed by atoms with Crippen molar-refractivity contribution in [2.24, 2.45) is 5.73 Å².